The summed E-state index contributed by atoms with van der Waals surface area (Å²) in [5.74, 6) is -0.261. The molecule has 0 spiro atoms. The maximum Gasteiger partial charge on any atom is 0.305 e. The fourth-order valence-electron chi connectivity index (χ4n) is 7.45. The molecule has 0 amide bonds. The van der Waals surface area contributed by atoms with Crippen molar-refractivity contribution >= 4 is 5.97 Å². The summed E-state index contributed by atoms with van der Waals surface area (Å²) in [5, 5.41) is 50.1. The molecule has 2 rings (SSSR count). The van der Waals surface area contributed by atoms with Crippen molar-refractivity contribution in [2.45, 2.75) is 229 Å². The lowest BCUT2D eigenvalue weighted by Crippen LogP contribution is -2.33. The highest BCUT2D eigenvalue weighted by atomic mass is 16.6. The maximum atomic E-state index is 11.1. The van der Waals surface area contributed by atoms with Crippen LogP contribution in [0.5, 0.6) is 0 Å². The van der Waals surface area contributed by atoms with Crippen LogP contribution >= 0.6 is 0 Å². The van der Waals surface area contributed by atoms with Crippen LogP contribution in [0.2, 0.25) is 0 Å². The minimum absolute atomic E-state index is 0.0274. The molecule has 48 heavy (non-hydrogen) atoms. The Bertz CT molecular complexity index is 768. The number of rotatable bonds is 31. The summed E-state index contributed by atoms with van der Waals surface area (Å²) in [7, 11) is 1.37. The molecule has 2 saturated heterocycles. The molecule has 0 bridgehead atoms. The van der Waals surface area contributed by atoms with Crippen molar-refractivity contribution in [1.82, 2.24) is 0 Å². The van der Waals surface area contributed by atoms with Crippen LogP contribution < -0.4 is 0 Å². The van der Waals surface area contributed by atoms with Gasteiger partial charge in [-0.1, -0.05) is 103 Å². The minimum atomic E-state index is -0.418. The van der Waals surface area contributed by atoms with E-state index < -0.39 is 18.3 Å². The highest BCUT2D eigenvalue weighted by Crippen LogP contribution is 2.34. The van der Waals surface area contributed by atoms with Gasteiger partial charge in [0.05, 0.1) is 55.9 Å². The van der Waals surface area contributed by atoms with E-state index in [4.69, 9.17) is 14.6 Å². The van der Waals surface area contributed by atoms with E-state index in [0.29, 0.717) is 19.3 Å². The van der Waals surface area contributed by atoms with E-state index in [-0.39, 0.29) is 49.5 Å². The van der Waals surface area contributed by atoms with Crippen LogP contribution in [0.3, 0.4) is 0 Å². The van der Waals surface area contributed by atoms with Gasteiger partial charge in [-0.15, -0.1) is 0 Å². The van der Waals surface area contributed by atoms with Crippen molar-refractivity contribution in [2.75, 3.05) is 13.7 Å². The first kappa shape index (κ1) is 43.4. The molecule has 2 aliphatic rings. The second-order valence-electron chi connectivity index (χ2n) is 14.8. The van der Waals surface area contributed by atoms with E-state index in [9.17, 15) is 25.2 Å². The molecule has 9 nitrogen and oxygen atoms in total. The summed E-state index contributed by atoms with van der Waals surface area (Å²) in [6.45, 7) is 0.161. The number of aliphatic hydroxyl groups excluding tert-OH is 5. The quantitative estimate of drug-likeness (QED) is 0.0382. The first-order chi connectivity index (χ1) is 23.3. The number of carbonyl (C=O) groups is 1. The van der Waals surface area contributed by atoms with Gasteiger partial charge in [0.2, 0.25) is 0 Å². The number of carbonyl (C=O) groups excluding carboxylic acids is 1. The molecule has 2 heterocycles. The summed E-state index contributed by atoms with van der Waals surface area (Å²) < 4.78 is 17.2. The van der Waals surface area contributed by atoms with Crippen molar-refractivity contribution in [3.63, 3.8) is 0 Å². The van der Waals surface area contributed by atoms with Crippen LogP contribution in [0.15, 0.2) is 0 Å². The Morgan fingerprint density at radius 3 is 1.29 bits per heavy atom. The summed E-state index contributed by atoms with van der Waals surface area (Å²) in [4.78, 5) is 11.1. The average Bonchev–Trinajstić information content (AvgIpc) is 3.78. The molecular weight excluding hydrogens is 612 g/mol. The molecule has 0 unspecified atom stereocenters. The van der Waals surface area contributed by atoms with Gasteiger partial charge in [0, 0.05) is 13.0 Å². The molecule has 0 aliphatic carbocycles. The van der Waals surface area contributed by atoms with Crippen molar-refractivity contribution in [1.29, 1.82) is 0 Å². The molecule has 8 atom stereocenters. The topological polar surface area (TPSA) is 146 Å². The lowest BCUT2D eigenvalue weighted by Gasteiger charge is -2.24. The molecule has 5 N–H and O–H groups in total. The van der Waals surface area contributed by atoms with Crippen LogP contribution in [0.1, 0.15) is 180 Å². The molecular formula is C39H74O9. The van der Waals surface area contributed by atoms with E-state index >= 15 is 0 Å². The van der Waals surface area contributed by atoms with E-state index in [0.717, 1.165) is 96.3 Å². The second kappa shape index (κ2) is 27.9. The van der Waals surface area contributed by atoms with E-state index in [1.54, 1.807) is 0 Å². The zero-order valence-electron chi connectivity index (χ0n) is 30.5. The lowest BCUT2D eigenvalue weighted by atomic mass is 10.00. The molecule has 0 aromatic rings. The SMILES string of the molecule is COC(=O)CC[C@H](O)CCCCCCCCCC[C@@H](O)[C@H]1CC[C@H]([C@H]2CC[C@H]([C@H](O)CCCCCCCCCC[C@@H](O)CCCO)O2)O1. The van der Waals surface area contributed by atoms with Crippen molar-refractivity contribution in [3.8, 4) is 0 Å². The third-order valence-corrected chi connectivity index (χ3v) is 10.6. The predicted octanol–water partition coefficient (Wildman–Crippen LogP) is 7.05. The van der Waals surface area contributed by atoms with Crippen LogP contribution in [0, 0.1) is 0 Å². The van der Waals surface area contributed by atoms with E-state index in [1.807, 2.05) is 0 Å². The predicted molar refractivity (Wildman–Crippen MR) is 190 cm³/mol. The molecule has 284 valence electrons. The lowest BCUT2D eigenvalue weighted by molar-refractivity contribution is -0.141. The average molecular weight is 687 g/mol. The Morgan fingerprint density at radius 1 is 0.542 bits per heavy atom. The Hall–Kier alpha value is -0.810. The molecule has 0 aromatic heterocycles. The normalized spacial score (nSPS) is 23.7. The van der Waals surface area contributed by atoms with Gasteiger partial charge in [-0.25, -0.2) is 0 Å². The van der Waals surface area contributed by atoms with Gasteiger partial charge in [0.1, 0.15) is 0 Å². The molecule has 2 fully saturated rings. The van der Waals surface area contributed by atoms with Gasteiger partial charge in [-0.2, -0.15) is 0 Å². The molecule has 0 radical (unpaired) electrons. The highest BCUT2D eigenvalue weighted by molar-refractivity contribution is 5.69. The Balaban J connectivity index is 1.41. The highest BCUT2D eigenvalue weighted by Gasteiger charge is 2.40. The third kappa shape index (κ3) is 20.1. The Kier molecular flexibility index (Phi) is 25.2. The Labute approximate surface area is 292 Å². The number of unbranched alkanes of at least 4 members (excludes halogenated alkanes) is 14. The van der Waals surface area contributed by atoms with Gasteiger partial charge >= 0.3 is 5.97 Å². The van der Waals surface area contributed by atoms with Crippen molar-refractivity contribution in [3.05, 3.63) is 0 Å². The zero-order chi connectivity index (χ0) is 34.8. The number of methoxy groups -OCH3 is 1. The minimum Gasteiger partial charge on any atom is -0.469 e. The van der Waals surface area contributed by atoms with Crippen molar-refractivity contribution in [2.24, 2.45) is 0 Å². The standard InChI is InChI=1S/C39H74O9/c1-46-39(45)29-24-32(42)20-15-11-7-3-5-9-13-17-23-34(44)36-26-28-38(48-36)37-27-25-35(47-37)33(43)22-16-12-8-4-2-6-10-14-19-31(41)21-18-30-40/h31-38,40-44H,2-30H2,1H3/t31-,32-,33-,34-,35-,36-,37-,38-/m1/s1. The van der Waals surface area contributed by atoms with Crippen LogP contribution in [-0.4, -0.2) is 94.1 Å². The summed E-state index contributed by atoms with van der Waals surface area (Å²) in [6.07, 6.45) is 25.6. The first-order valence-electron chi connectivity index (χ1n) is 20.0. The van der Waals surface area contributed by atoms with Crippen LogP contribution in [0.4, 0.5) is 0 Å². The number of hydrogen-bond donors (Lipinski definition) is 5. The van der Waals surface area contributed by atoms with Crippen LogP contribution in [0.25, 0.3) is 0 Å². The van der Waals surface area contributed by atoms with Gasteiger partial charge in [0.15, 0.2) is 0 Å². The number of hydrogen-bond acceptors (Lipinski definition) is 9. The molecule has 2 aliphatic heterocycles. The molecule has 0 saturated carbocycles. The fraction of sp³-hybridized carbons (Fsp3) is 0.974. The van der Waals surface area contributed by atoms with Gasteiger partial charge in [-0.05, 0) is 70.6 Å². The third-order valence-electron chi connectivity index (χ3n) is 10.6. The summed E-state index contributed by atoms with van der Waals surface area (Å²) in [5.41, 5.74) is 0. The smallest absolute Gasteiger partial charge is 0.305 e. The molecule has 9 heteroatoms. The summed E-state index contributed by atoms with van der Waals surface area (Å²) >= 11 is 0. The van der Waals surface area contributed by atoms with Crippen LogP contribution in [-0.2, 0) is 19.0 Å². The largest absolute Gasteiger partial charge is 0.469 e. The second-order valence-corrected chi connectivity index (χ2v) is 14.8. The Morgan fingerprint density at radius 2 is 0.896 bits per heavy atom. The number of ether oxygens (including phenoxy) is 3. The first-order valence-corrected chi connectivity index (χ1v) is 20.0. The number of esters is 1. The van der Waals surface area contributed by atoms with Gasteiger partial charge in [0.25, 0.3) is 0 Å². The van der Waals surface area contributed by atoms with Crippen molar-refractivity contribution < 1.29 is 44.5 Å². The number of aliphatic hydroxyl groups is 5. The van der Waals surface area contributed by atoms with Gasteiger partial charge in [-0.3, -0.25) is 4.79 Å². The van der Waals surface area contributed by atoms with Gasteiger partial charge < -0.3 is 39.7 Å². The monoisotopic (exact) mass is 687 g/mol. The fourth-order valence-corrected chi connectivity index (χ4v) is 7.45. The summed E-state index contributed by atoms with van der Waals surface area (Å²) in [6, 6.07) is 0. The zero-order valence-corrected chi connectivity index (χ0v) is 30.5. The molecule has 0 aromatic carbocycles. The van der Waals surface area contributed by atoms with E-state index in [1.165, 1.54) is 64.9 Å². The van der Waals surface area contributed by atoms with E-state index in [2.05, 4.69) is 4.74 Å². The maximum absolute atomic E-state index is 11.1.